The first-order valence-corrected chi connectivity index (χ1v) is 11.4. The van der Waals surface area contributed by atoms with Crippen LogP contribution >= 0.6 is 34.8 Å². The first kappa shape index (κ1) is 25.4. The summed E-state index contributed by atoms with van der Waals surface area (Å²) in [4.78, 5) is 39.3. The fraction of sp³-hybridized carbons (Fsp3) is 0.0800. The molecule has 3 aromatic carbocycles. The molecule has 0 aliphatic carbocycles. The molecule has 1 heterocycles. The molecule has 0 saturated heterocycles. The van der Waals surface area contributed by atoms with Gasteiger partial charge >= 0.3 is 5.97 Å². The van der Waals surface area contributed by atoms with Crippen LogP contribution < -0.4 is 24.4 Å². The van der Waals surface area contributed by atoms with Crippen LogP contribution in [0.4, 0.5) is 11.4 Å². The zero-order chi connectivity index (χ0) is 26.0. The summed E-state index contributed by atoms with van der Waals surface area (Å²) >= 11 is 18.1. The van der Waals surface area contributed by atoms with E-state index in [2.05, 4.69) is 5.32 Å². The maximum absolute atomic E-state index is 13.1. The Balaban J connectivity index is 1.51. The minimum atomic E-state index is -0.715. The zero-order valence-electron chi connectivity index (χ0n) is 18.8. The number of esters is 1. The molecule has 4 rings (SSSR count). The summed E-state index contributed by atoms with van der Waals surface area (Å²) in [6, 6.07) is 15.2. The van der Waals surface area contributed by atoms with Gasteiger partial charge in [0.1, 0.15) is 28.0 Å². The van der Waals surface area contributed by atoms with Crippen LogP contribution in [0.5, 0.6) is 17.2 Å². The lowest BCUT2D eigenvalue weighted by molar-refractivity contribution is -0.120. The molecule has 36 heavy (non-hydrogen) atoms. The van der Waals surface area contributed by atoms with E-state index in [4.69, 9.17) is 49.0 Å². The number of carbonyl (C=O) groups is 3. The van der Waals surface area contributed by atoms with Gasteiger partial charge < -0.3 is 19.5 Å². The van der Waals surface area contributed by atoms with Crippen LogP contribution in [0.25, 0.3) is 0 Å². The molecule has 8 nitrogen and oxygen atoms in total. The highest BCUT2D eigenvalue weighted by atomic mass is 35.5. The predicted octanol–water partition coefficient (Wildman–Crippen LogP) is 5.67. The van der Waals surface area contributed by atoms with Crippen molar-refractivity contribution in [2.45, 2.75) is 0 Å². The van der Waals surface area contributed by atoms with Gasteiger partial charge in [-0.15, -0.1) is 0 Å². The Morgan fingerprint density at radius 3 is 2.19 bits per heavy atom. The van der Waals surface area contributed by atoms with Crippen molar-refractivity contribution in [2.75, 3.05) is 24.4 Å². The number of imide groups is 1. The fourth-order valence-corrected chi connectivity index (χ4v) is 4.01. The smallest absolute Gasteiger partial charge is 0.343 e. The lowest BCUT2D eigenvalue weighted by Gasteiger charge is -2.18. The van der Waals surface area contributed by atoms with Gasteiger partial charge in [-0.1, -0.05) is 34.8 Å². The van der Waals surface area contributed by atoms with E-state index < -0.39 is 17.8 Å². The molecule has 2 amide bonds. The molecule has 0 spiro atoms. The molecule has 1 aliphatic rings. The van der Waals surface area contributed by atoms with Gasteiger partial charge in [-0.25, -0.2) is 9.69 Å². The number of anilines is 2. The average molecular weight is 548 g/mol. The van der Waals surface area contributed by atoms with Gasteiger partial charge in [-0.05, 0) is 54.6 Å². The highest BCUT2D eigenvalue weighted by Crippen LogP contribution is 2.37. The zero-order valence-corrected chi connectivity index (χ0v) is 21.1. The number of carbonyl (C=O) groups excluding carboxylic acids is 3. The molecule has 3 aromatic rings. The fourth-order valence-electron chi connectivity index (χ4n) is 3.35. The van der Waals surface area contributed by atoms with Gasteiger partial charge in [-0.3, -0.25) is 9.59 Å². The van der Waals surface area contributed by atoms with Crippen molar-refractivity contribution >= 4 is 64.0 Å². The number of amides is 2. The average Bonchev–Trinajstić information content (AvgIpc) is 3.08. The lowest BCUT2D eigenvalue weighted by Crippen LogP contribution is -2.32. The van der Waals surface area contributed by atoms with Gasteiger partial charge in [0, 0.05) is 16.8 Å². The third-order valence-electron chi connectivity index (χ3n) is 5.14. The number of rotatable bonds is 7. The summed E-state index contributed by atoms with van der Waals surface area (Å²) in [5.41, 5.74) is 0.726. The number of ether oxygens (including phenoxy) is 3. The molecule has 11 heteroatoms. The summed E-state index contributed by atoms with van der Waals surface area (Å²) in [6.07, 6.45) is 0. The van der Waals surface area contributed by atoms with E-state index in [1.807, 2.05) is 0 Å². The number of nitrogens with zero attached hydrogens (tertiary/aromatic N) is 1. The van der Waals surface area contributed by atoms with Crippen molar-refractivity contribution in [3.8, 4) is 17.2 Å². The standard InChI is InChI=1S/C25H17Cl3N2O6/c1-34-16-8-9-18(20(12-16)35-2)30-23(31)21(28)22(24(30)32)29-15-6-3-13(4-7-15)25(33)36-19-10-5-14(26)11-17(19)27/h3-12,29H,1-2H3. The highest BCUT2D eigenvalue weighted by Gasteiger charge is 2.40. The van der Waals surface area contributed by atoms with Gasteiger partial charge in [-0.2, -0.15) is 0 Å². The van der Waals surface area contributed by atoms with Gasteiger partial charge in [0.25, 0.3) is 11.8 Å². The molecule has 1 N–H and O–H groups in total. The summed E-state index contributed by atoms with van der Waals surface area (Å²) < 4.78 is 15.8. The third-order valence-corrected chi connectivity index (χ3v) is 6.02. The molecule has 0 unspecified atom stereocenters. The van der Waals surface area contributed by atoms with Crippen LogP contribution in [0.15, 0.2) is 71.4 Å². The molecule has 0 radical (unpaired) electrons. The maximum atomic E-state index is 13.1. The van der Waals surface area contributed by atoms with Crippen LogP contribution in [-0.4, -0.2) is 32.0 Å². The van der Waals surface area contributed by atoms with Crippen LogP contribution in [0, 0.1) is 0 Å². The molecular weight excluding hydrogens is 531 g/mol. The first-order valence-electron chi connectivity index (χ1n) is 10.3. The normalized spacial score (nSPS) is 13.2. The van der Waals surface area contributed by atoms with Crippen LogP contribution in [-0.2, 0) is 9.59 Å². The molecule has 0 fully saturated rings. The van der Waals surface area contributed by atoms with E-state index >= 15 is 0 Å². The SMILES string of the molecule is COc1ccc(N2C(=O)C(Cl)=C(Nc3ccc(C(=O)Oc4ccc(Cl)cc4Cl)cc3)C2=O)c(OC)c1. The Morgan fingerprint density at radius 1 is 0.833 bits per heavy atom. The second-order valence-corrected chi connectivity index (χ2v) is 8.56. The van der Waals surface area contributed by atoms with Gasteiger partial charge in [0.2, 0.25) is 0 Å². The second-order valence-electron chi connectivity index (χ2n) is 7.34. The van der Waals surface area contributed by atoms with Crippen LogP contribution in [0.3, 0.4) is 0 Å². The maximum Gasteiger partial charge on any atom is 0.343 e. The molecule has 0 aromatic heterocycles. The number of benzene rings is 3. The number of hydrogen-bond acceptors (Lipinski definition) is 7. The van der Waals surface area contributed by atoms with Crippen LogP contribution in [0.1, 0.15) is 10.4 Å². The van der Waals surface area contributed by atoms with E-state index in [1.54, 1.807) is 18.2 Å². The Morgan fingerprint density at radius 2 is 1.56 bits per heavy atom. The minimum Gasteiger partial charge on any atom is -0.497 e. The minimum absolute atomic E-state index is 0.122. The Hall–Kier alpha value is -3.72. The van der Waals surface area contributed by atoms with Gasteiger partial charge in [0.05, 0.1) is 30.5 Å². The quantitative estimate of drug-likeness (QED) is 0.231. The van der Waals surface area contributed by atoms with Crippen molar-refractivity contribution in [1.82, 2.24) is 0 Å². The van der Waals surface area contributed by atoms with Gasteiger partial charge in [0.15, 0.2) is 0 Å². The van der Waals surface area contributed by atoms with E-state index in [1.165, 1.54) is 56.7 Å². The molecular formula is C25H17Cl3N2O6. The predicted molar refractivity (Wildman–Crippen MR) is 136 cm³/mol. The lowest BCUT2D eigenvalue weighted by atomic mass is 10.2. The van der Waals surface area contributed by atoms with E-state index in [9.17, 15) is 14.4 Å². The first-order chi connectivity index (χ1) is 17.2. The number of hydrogen-bond donors (Lipinski definition) is 1. The van der Waals surface area contributed by atoms with E-state index in [-0.39, 0.29) is 38.5 Å². The Bertz CT molecular complexity index is 1410. The molecule has 184 valence electrons. The number of nitrogens with one attached hydrogen (secondary N) is 1. The van der Waals surface area contributed by atoms with Crippen molar-refractivity contribution in [3.05, 3.63) is 87.0 Å². The molecule has 1 aliphatic heterocycles. The molecule has 0 bridgehead atoms. The summed E-state index contributed by atoms with van der Waals surface area (Å²) in [5, 5.41) is 3.15. The topological polar surface area (TPSA) is 94.2 Å². The molecule has 0 atom stereocenters. The Labute approximate surface area is 220 Å². The van der Waals surface area contributed by atoms with Crippen molar-refractivity contribution < 1.29 is 28.6 Å². The summed E-state index contributed by atoms with van der Waals surface area (Å²) in [7, 11) is 2.89. The summed E-state index contributed by atoms with van der Waals surface area (Å²) in [5.74, 6) is -1.13. The third kappa shape index (κ3) is 4.97. The van der Waals surface area contributed by atoms with Crippen molar-refractivity contribution in [1.29, 1.82) is 0 Å². The molecule has 0 saturated carbocycles. The van der Waals surface area contributed by atoms with Crippen LogP contribution in [0.2, 0.25) is 10.0 Å². The number of methoxy groups -OCH3 is 2. The van der Waals surface area contributed by atoms with E-state index in [0.29, 0.717) is 16.5 Å². The Kier molecular flexibility index (Phi) is 7.40. The largest absolute Gasteiger partial charge is 0.497 e. The number of halogens is 3. The van der Waals surface area contributed by atoms with E-state index in [0.717, 1.165) is 4.90 Å². The summed E-state index contributed by atoms with van der Waals surface area (Å²) in [6.45, 7) is 0. The van der Waals surface area contributed by atoms with Crippen molar-refractivity contribution in [2.24, 2.45) is 0 Å². The highest BCUT2D eigenvalue weighted by molar-refractivity contribution is 6.53. The monoisotopic (exact) mass is 546 g/mol. The van der Waals surface area contributed by atoms with Crippen molar-refractivity contribution in [3.63, 3.8) is 0 Å². The second kappa shape index (κ2) is 10.5.